The SMILES string of the molecule is Cc1cc2oc(=O)cc(COC(=O)Cc3csc(N4CCCC4=O)n3)c2cc1C. The van der Waals surface area contributed by atoms with Crippen LogP contribution in [0.1, 0.15) is 35.2 Å². The van der Waals surface area contributed by atoms with Crippen LogP contribution in [0.2, 0.25) is 0 Å². The van der Waals surface area contributed by atoms with Crippen molar-refractivity contribution in [2.75, 3.05) is 11.4 Å². The molecule has 0 spiro atoms. The van der Waals surface area contributed by atoms with Gasteiger partial charge in [0, 0.05) is 35.4 Å². The summed E-state index contributed by atoms with van der Waals surface area (Å²) in [6.45, 7) is 4.56. The fourth-order valence-electron chi connectivity index (χ4n) is 3.31. The average molecular weight is 412 g/mol. The molecular weight excluding hydrogens is 392 g/mol. The Bertz CT molecular complexity index is 1160. The Morgan fingerprint density at radius 1 is 1.24 bits per heavy atom. The number of hydrogen-bond acceptors (Lipinski definition) is 7. The van der Waals surface area contributed by atoms with Crippen molar-refractivity contribution in [3.05, 3.63) is 56.4 Å². The molecule has 8 heteroatoms. The first-order valence-corrected chi connectivity index (χ1v) is 10.2. The highest BCUT2D eigenvalue weighted by atomic mass is 32.1. The number of ether oxygens (including phenoxy) is 1. The molecule has 0 aliphatic carbocycles. The van der Waals surface area contributed by atoms with Crippen LogP contribution in [-0.4, -0.2) is 23.4 Å². The number of aryl methyl sites for hydroxylation is 2. The number of esters is 1. The Morgan fingerprint density at radius 2 is 2.03 bits per heavy atom. The fraction of sp³-hybridized carbons (Fsp3) is 0.333. The number of benzene rings is 1. The van der Waals surface area contributed by atoms with Crippen LogP contribution in [0.15, 0.2) is 32.8 Å². The Hall–Kier alpha value is -3.00. The second kappa shape index (κ2) is 7.79. The third kappa shape index (κ3) is 4.07. The Morgan fingerprint density at radius 3 is 2.79 bits per heavy atom. The summed E-state index contributed by atoms with van der Waals surface area (Å²) in [5.74, 6) is -0.381. The minimum Gasteiger partial charge on any atom is -0.460 e. The van der Waals surface area contributed by atoms with E-state index in [9.17, 15) is 14.4 Å². The van der Waals surface area contributed by atoms with Gasteiger partial charge in [-0.1, -0.05) is 0 Å². The van der Waals surface area contributed by atoms with Crippen LogP contribution in [0.25, 0.3) is 11.0 Å². The summed E-state index contributed by atoms with van der Waals surface area (Å²) in [6, 6.07) is 5.09. The topological polar surface area (TPSA) is 89.7 Å². The van der Waals surface area contributed by atoms with E-state index in [2.05, 4.69) is 4.98 Å². The van der Waals surface area contributed by atoms with Crippen LogP contribution in [0.3, 0.4) is 0 Å². The third-order valence-electron chi connectivity index (χ3n) is 5.00. The first kappa shape index (κ1) is 19.3. The van der Waals surface area contributed by atoms with E-state index >= 15 is 0 Å². The van der Waals surface area contributed by atoms with E-state index in [1.807, 2.05) is 26.0 Å². The van der Waals surface area contributed by atoms with Crippen molar-refractivity contribution in [1.82, 2.24) is 4.98 Å². The van der Waals surface area contributed by atoms with Crippen molar-refractivity contribution in [2.24, 2.45) is 0 Å². The van der Waals surface area contributed by atoms with Crippen molar-refractivity contribution in [1.29, 1.82) is 0 Å². The molecule has 0 saturated carbocycles. The number of carbonyl (C=O) groups excluding carboxylic acids is 2. The smallest absolute Gasteiger partial charge is 0.336 e. The molecule has 29 heavy (non-hydrogen) atoms. The van der Waals surface area contributed by atoms with E-state index in [1.165, 1.54) is 17.4 Å². The highest BCUT2D eigenvalue weighted by molar-refractivity contribution is 7.14. The largest absolute Gasteiger partial charge is 0.460 e. The zero-order valence-corrected chi connectivity index (χ0v) is 17.0. The number of hydrogen-bond donors (Lipinski definition) is 0. The lowest BCUT2D eigenvalue weighted by atomic mass is 10.0. The molecule has 3 heterocycles. The molecule has 1 aliphatic rings. The molecule has 0 bridgehead atoms. The van der Waals surface area contributed by atoms with Gasteiger partial charge in [-0.2, -0.15) is 0 Å². The zero-order valence-electron chi connectivity index (χ0n) is 16.2. The number of anilines is 1. The first-order valence-electron chi connectivity index (χ1n) is 9.35. The van der Waals surface area contributed by atoms with Gasteiger partial charge >= 0.3 is 11.6 Å². The first-order chi connectivity index (χ1) is 13.9. The highest BCUT2D eigenvalue weighted by Gasteiger charge is 2.24. The van der Waals surface area contributed by atoms with E-state index in [4.69, 9.17) is 9.15 Å². The van der Waals surface area contributed by atoms with Gasteiger partial charge in [-0.05, 0) is 43.5 Å². The lowest BCUT2D eigenvalue weighted by Gasteiger charge is -2.10. The molecule has 1 amide bonds. The van der Waals surface area contributed by atoms with Gasteiger partial charge in [0.1, 0.15) is 12.2 Å². The lowest BCUT2D eigenvalue weighted by molar-refractivity contribution is -0.144. The maximum atomic E-state index is 12.3. The molecule has 1 aliphatic heterocycles. The van der Waals surface area contributed by atoms with Crippen LogP contribution in [-0.2, 0) is 27.4 Å². The molecule has 0 radical (unpaired) electrons. The van der Waals surface area contributed by atoms with Gasteiger partial charge in [-0.15, -0.1) is 11.3 Å². The molecule has 1 saturated heterocycles. The summed E-state index contributed by atoms with van der Waals surface area (Å²) < 4.78 is 10.6. The van der Waals surface area contributed by atoms with Crippen molar-refractivity contribution in [3.8, 4) is 0 Å². The number of aromatic nitrogens is 1. The van der Waals surface area contributed by atoms with Gasteiger partial charge in [-0.25, -0.2) is 9.78 Å². The minimum atomic E-state index is -0.480. The lowest BCUT2D eigenvalue weighted by Crippen LogP contribution is -2.23. The molecule has 4 rings (SSSR count). The Kier molecular flexibility index (Phi) is 5.19. The molecular formula is C21H20N2O5S. The van der Waals surface area contributed by atoms with E-state index in [-0.39, 0.29) is 18.9 Å². The zero-order chi connectivity index (χ0) is 20.5. The monoisotopic (exact) mass is 412 g/mol. The maximum Gasteiger partial charge on any atom is 0.336 e. The Labute approximate surface area is 170 Å². The number of nitrogens with zero attached hydrogens (tertiary/aromatic N) is 2. The molecule has 7 nitrogen and oxygen atoms in total. The predicted octanol–water partition coefficient (Wildman–Crippen LogP) is 3.28. The number of thiazole rings is 1. The van der Waals surface area contributed by atoms with E-state index in [1.54, 1.807) is 10.3 Å². The van der Waals surface area contributed by atoms with Crippen LogP contribution < -0.4 is 10.5 Å². The quantitative estimate of drug-likeness (QED) is 0.472. The van der Waals surface area contributed by atoms with Crippen LogP contribution >= 0.6 is 11.3 Å². The summed E-state index contributed by atoms with van der Waals surface area (Å²) in [4.78, 5) is 42.0. The molecule has 1 fully saturated rings. The van der Waals surface area contributed by atoms with E-state index in [0.717, 1.165) is 22.9 Å². The number of rotatable bonds is 5. The Balaban J connectivity index is 1.45. The molecule has 1 aromatic carbocycles. The third-order valence-corrected chi connectivity index (χ3v) is 5.91. The van der Waals surface area contributed by atoms with Gasteiger partial charge < -0.3 is 9.15 Å². The van der Waals surface area contributed by atoms with Crippen molar-refractivity contribution < 1.29 is 18.7 Å². The molecule has 0 N–H and O–H groups in total. The second-order valence-electron chi connectivity index (χ2n) is 7.13. The summed E-state index contributed by atoms with van der Waals surface area (Å²) in [5, 5.41) is 3.14. The predicted molar refractivity (Wildman–Crippen MR) is 109 cm³/mol. The average Bonchev–Trinajstić information content (AvgIpc) is 3.29. The number of fused-ring (bicyclic) bond motifs is 1. The summed E-state index contributed by atoms with van der Waals surface area (Å²) in [6.07, 6.45) is 1.37. The maximum absolute atomic E-state index is 12.3. The van der Waals surface area contributed by atoms with Crippen LogP contribution in [0.4, 0.5) is 5.13 Å². The van der Waals surface area contributed by atoms with Gasteiger partial charge in [0.2, 0.25) is 5.91 Å². The van der Waals surface area contributed by atoms with Crippen LogP contribution in [0.5, 0.6) is 0 Å². The van der Waals surface area contributed by atoms with Gasteiger partial charge in [-0.3, -0.25) is 14.5 Å². The second-order valence-corrected chi connectivity index (χ2v) is 7.97. The number of amides is 1. The molecule has 0 unspecified atom stereocenters. The van der Waals surface area contributed by atoms with Crippen molar-refractivity contribution in [3.63, 3.8) is 0 Å². The van der Waals surface area contributed by atoms with E-state index < -0.39 is 11.6 Å². The summed E-state index contributed by atoms with van der Waals surface area (Å²) in [7, 11) is 0. The standard InChI is InChI=1S/C21H20N2O5S/c1-12-6-16-14(8-20(26)28-17(16)7-13(12)2)10-27-19(25)9-15-11-29-21(22-15)23-5-3-4-18(23)24/h6-8,11H,3-5,9-10H2,1-2H3. The van der Waals surface area contributed by atoms with Crippen LogP contribution in [0, 0.1) is 13.8 Å². The highest BCUT2D eigenvalue weighted by Crippen LogP contribution is 2.26. The van der Waals surface area contributed by atoms with Crippen molar-refractivity contribution >= 4 is 39.3 Å². The number of carbonyl (C=O) groups is 2. The summed E-state index contributed by atoms with van der Waals surface area (Å²) in [5.41, 5.74) is 3.25. The molecule has 150 valence electrons. The molecule has 0 atom stereocenters. The van der Waals surface area contributed by atoms with E-state index in [0.29, 0.717) is 34.9 Å². The van der Waals surface area contributed by atoms with Gasteiger partial charge in [0.25, 0.3) is 0 Å². The minimum absolute atomic E-state index is 0.00996. The summed E-state index contributed by atoms with van der Waals surface area (Å²) >= 11 is 1.35. The molecule has 3 aromatic rings. The molecule has 2 aromatic heterocycles. The normalized spacial score (nSPS) is 14.0. The fourth-order valence-corrected chi connectivity index (χ4v) is 4.18. The van der Waals surface area contributed by atoms with Gasteiger partial charge in [0.05, 0.1) is 12.1 Å². The van der Waals surface area contributed by atoms with Crippen molar-refractivity contribution in [2.45, 2.75) is 39.7 Å². The van der Waals surface area contributed by atoms with Gasteiger partial charge in [0.15, 0.2) is 5.13 Å².